The van der Waals surface area contributed by atoms with E-state index in [4.69, 9.17) is 23.9 Å². The van der Waals surface area contributed by atoms with E-state index in [-0.39, 0.29) is 12.1 Å². The summed E-state index contributed by atoms with van der Waals surface area (Å²) in [6.45, 7) is 0. The molecule has 9 heterocycles. The van der Waals surface area contributed by atoms with Crippen LogP contribution in [0.5, 0.6) is 0 Å². The van der Waals surface area contributed by atoms with E-state index in [1.54, 1.807) is 0 Å². The van der Waals surface area contributed by atoms with Crippen LogP contribution >= 0.6 is 0 Å². The molecule has 0 amide bonds. The van der Waals surface area contributed by atoms with Gasteiger partial charge in [-0.05, 0) is 83.6 Å². The van der Waals surface area contributed by atoms with Crippen molar-refractivity contribution >= 4 is 22.3 Å². The van der Waals surface area contributed by atoms with Crippen molar-refractivity contribution in [3.8, 4) is 0 Å². The molecule has 9 rings (SSSR count). The average molecular weight is 687 g/mol. The van der Waals surface area contributed by atoms with E-state index in [9.17, 15) is 0 Å². The van der Waals surface area contributed by atoms with Gasteiger partial charge in [0.05, 0.1) is 0 Å². The van der Waals surface area contributed by atoms with Gasteiger partial charge in [0.15, 0.2) is 0 Å². The molecule has 50 heavy (non-hydrogen) atoms. The Morgan fingerprint density at radius 3 is 1.20 bits per heavy atom. The molecule has 9 nitrogen and oxygen atoms in total. The number of hydrogen-bond acceptors (Lipinski definition) is 5. The van der Waals surface area contributed by atoms with Crippen LogP contribution in [0.4, 0.5) is 0 Å². The molecule has 0 aromatic carbocycles. The first-order chi connectivity index (χ1) is 24.8. The molecule has 10 heteroatoms. The number of hydrogen-bond donors (Lipinski definition) is 0. The number of allylic oxidation sites excluding steroid dienone is 2. The first-order valence-electron chi connectivity index (χ1n) is 16.5. The van der Waals surface area contributed by atoms with Gasteiger partial charge in [0.2, 0.25) is 0 Å². The Balaban J connectivity index is 0.00000177. The van der Waals surface area contributed by atoms with E-state index in [1.165, 1.54) is 0 Å². The Hall–Kier alpha value is -5.51. The first-order valence-corrected chi connectivity index (χ1v) is 17.2. The Morgan fingerprint density at radius 2 is 0.820 bits per heavy atom. The van der Waals surface area contributed by atoms with Gasteiger partial charge in [-0.1, -0.05) is 71.5 Å². The smallest absolute Gasteiger partial charge is 0.0273 e. The topological polar surface area (TPSA) is 125 Å². The Morgan fingerprint density at radius 1 is 0.460 bits per heavy atom. The molecule has 0 saturated carbocycles. The third-order valence-electron chi connectivity index (χ3n) is 9.44. The molecular formula is C40H30N8OTi-2. The van der Waals surface area contributed by atoms with Gasteiger partial charge in [0.25, 0.3) is 0 Å². The van der Waals surface area contributed by atoms with E-state index in [1.807, 2.05) is 73.8 Å². The van der Waals surface area contributed by atoms with Crippen LogP contribution in [0.3, 0.4) is 0 Å². The van der Waals surface area contributed by atoms with Crippen LogP contribution in [0.25, 0.3) is 32.9 Å². The van der Waals surface area contributed by atoms with Crippen molar-refractivity contribution < 1.29 is 23.7 Å². The van der Waals surface area contributed by atoms with Gasteiger partial charge in [0, 0.05) is 49.6 Å². The summed E-state index contributed by atoms with van der Waals surface area (Å²) in [5, 5.41) is 12.8. The van der Waals surface area contributed by atoms with Crippen molar-refractivity contribution in [3.05, 3.63) is 189 Å². The summed E-state index contributed by atoms with van der Waals surface area (Å²) < 4.78 is 8.25. The maximum atomic E-state index is 8.25. The third-order valence-corrected chi connectivity index (χ3v) is 9.44. The zero-order valence-corrected chi connectivity index (χ0v) is 28.6. The van der Waals surface area contributed by atoms with Gasteiger partial charge in [-0.15, -0.1) is 22.1 Å². The predicted molar refractivity (Wildman–Crippen MR) is 186 cm³/mol. The van der Waals surface area contributed by atoms with Crippen LogP contribution in [-0.4, -0.2) is 32.0 Å². The molecule has 8 bridgehead atoms. The van der Waals surface area contributed by atoms with Gasteiger partial charge in [-0.25, -0.2) is 0 Å². The Labute approximate surface area is 301 Å². The molecule has 2 saturated heterocycles. The molecule has 2 unspecified atom stereocenters. The largest absolute Gasteiger partial charge is 0.681 e. The molecule has 6 aromatic heterocycles. The van der Waals surface area contributed by atoms with E-state index in [0.717, 1.165) is 124 Å². The molecule has 0 aliphatic carbocycles. The number of pyridine rings is 4. The number of rotatable bonds is 4. The van der Waals surface area contributed by atoms with Crippen LogP contribution in [0.2, 0.25) is 0 Å². The van der Waals surface area contributed by atoms with Crippen LogP contribution in [-0.2, 0) is 23.7 Å². The van der Waals surface area contributed by atoms with E-state index in [0.29, 0.717) is 0 Å². The summed E-state index contributed by atoms with van der Waals surface area (Å²) in [7, 11) is 0. The van der Waals surface area contributed by atoms with Crippen LogP contribution in [0.1, 0.15) is 59.3 Å². The minimum absolute atomic E-state index is 0.0799. The summed E-state index contributed by atoms with van der Waals surface area (Å²) in [6.07, 6.45) is 18.1. The molecule has 0 spiro atoms. The third kappa shape index (κ3) is 5.99. The fraction of sp³-hybridized carbons (Fsp3) is 0.150. The van der Waals surface area contributed by atoms with E-state index >= 15 is 0 Å². The second-order valence-electron chi connectivity index (χ2n) is 12.2. The second kappa shape index (κ2) is 14.2. The van der Waals surface area contributed by atoms with Gasteiger partial charge in [-0.2, -0.15) is 11.4 Å². The predicted octanol–water partition coefficient (Wildman–Crippen LogP) is 5.76. The maximum Gasteiger partial charge on any atom is 0.0273 e. The minimum Gasteiger partial charge on any atom is -0.681 e. The van der Waals surface area contributed by atoms with Gasteiger partial charge in [0.1, 0.15) is 0 Å². The van der Waals surface area contributed by atoms with Crippen LogP contribution in [0, 0.1) is 0 Å². The van der Waals surface area contributed by atoms with E-state index < -0.39 is 0 Å². The standard InChI is InChI=1S/C40H30N8.O.Ti/c1-2-30-38(26-11-19-42-20-12-26)32-5-6-34(47-32)40(28-15-23-44-24-16-28)36-8-7-35(48-36)39(27-13-21-43-22-14-27)33-4-3-31(46-33)37(29(1)45-30)25-9-17-41-18-10-25;;/h1-2,7-24,31-32H,3-6H2;;/q-4;;+2. The average Bonchev–Trinajstić information content (AvgIpc) is 4.02. The van der Waals surface area contributed by atoms with Crippen molar-refractivity contribution in [2.24, 2.45) is 0 Å². The molecule has 2 atom stereocenters. The van der Waals surface area contributed by atoms with Gasteiger partial charge >= 0.3 is 23.7 Å². The summed E-state index contributed by atoms with van der Waals surface area (Å²) in [6, 6.07) is 24.8. The maximum absolute atomic E-state index is 8.25. The number of aromatic nitrogens is 6. The summed E-state index contributed by atoms with van der Waals surface area (Å²) in [5.74, 6) is 0. The molecule has 3 aliphatic heterocycles. The van der Waals surface area contributed by atoms with E-state index in [2.05, 4.69) is 68.5 Å². The number of nitrogens with zero attached hydrogens (tertiary/aromatic N) is 8. The van der Waals surface area contributed by atoms with Crippen molar-refractivity contribution in [2.45, 2.75) is 37.8 Å². The molecule has 242 valence electrons. The van der Waals surface area contributed by atoms with Crippen LogP contribution < -0.4 is 20.7 Å². The summed E-state index contributed by atoms with van der Waals surface area (Å²) in [4.78, 5) is 27.9. The monoisotopic (exact) mass is 686 g/mol. The van der Waals surface area contributed by atoms with Crippen molar-refractivity contribution in [1.29, 1.82) is 0 Å². The molecular weight excluding hydrogens is 656 g/mol. The Bertz CT molecular complexity index is 2160. The SMILES string of the molecule is [O]=[Ti+2].c1cc(C2=C3CCC([N-]3)C(c3ccncc3)=c3ccc([n-]3)=C(c3ccncc3)C3CCC(=C(c4ccncc4)c4ccc2[n-]4)[N-]3)ccn1. The fourth-order valence-corrected chi connectivity index (χ4v) is 7.33. The van der Waals surface area contributed by atoms with Gasteiger partial charge in [-0.3, -0.25) is 19.9 Å². The van der Waals surface area contributed by atoms with Crippen molar-refractivity contribution in [1.82, 2.24) is 29.9 Å². The fourth-order valence-electron chi connectivity index (χ4n) is 7.33. The van der Waals surface area contributed by atoms with Crippen molar-refractivity contribution in [2.75, 3.05) is 0 Å². The summed E-state index contributed by atoms with van der Waals surface area (Å²) in [5.41, 5.74) is 12.4. The zero-order chi connectivity index (χ0) is 33.9. The Kier molecular flexibility index (Phi) is 8.99. The zero-order valence-electron chi connectivity index (χ0n) is 27.0. The van der Waals surface area contributed by atoms with Gasteiger partial charge < -0.3 is 20.6 Å². The molecule has 2 fully saturated rings. The molecule has 6 aromatic rings. The van der Waals surface area contributed by atoms with Crippen molar-refractivity contribution in [3.63, 3.8) is 0 Å². The number of fused-ring (bicyclic) bond motifs is 8. The minimum atomic E-state index is -0.0799. The summed E-state index contributed by atoms with van der Waals surface area (Å²) >= 11 is 0.750. The molecule has 3 aliphatic rings. The molecule has 0 radical (unpaired) electrons. The first kappa shape index (κ1) is 31.7. The normalized spacial score (nSPS) is 18.4. The second-order valence-corrected chi connectivity index (χ2v) is 12.2. The molecule has 0 N–H and O–H groups in total. The van der Waals surface area contributed by atoms with Crippen LogP contribution in [0.15, 0.2) is 134 Å². The quantitative estimate of drug-likeness (QED) is 0.216.